The molecule has 1 aromatic carbocycles. The molecule has 7 heteroatoms. The zero-order valence-electron chi connectivity index (χ0n) is 14.0. The van der Waals surface area contributed by atoms with E-state index in [0.29, 0.717) is 24.4 Å². The molecular weight excluding hydrogens is 370 g/mol. The molecule has 0 atom stereocenters. The van der Waals surface area contributed by atoms with Crippen molar-refractivity contribution < 1.29 is 4.42 Å². The molecule has 0 fully saturated rings. The summed E-state index contributed by atoms with van der Waals surface area (Å²) in [7, 11) is 1.92. The fourth-order valence-corrected chi connectivity index (χ4v) is 2.90. The van der Waals surface area contributed by atoms with Gasteiger partial charge in [-0.05, 0) is 41.9 Å². The first-order chi connectivity index (χ1) is 11.5. The highest BCUT2D eigenvalue weighted by atomic mass is 79.9. The van der Waals surface area contributed by atoms with Gasteiger partial charge in [-0.15, -0.1) is 10.2 Å². The summed E-state index contributed by atoms with van der Waals surface area (Å²) in [6.45, 7) is 5.70. The Morgan fingerprint density at radius 3 is 2.67 bits per heavy atom. The van der Waals surface area contributed by atoms with E-state index in [1.165, 1.54) is 0 Å². The Morgan fingerprint density at radius 2 is 2.00 bits per heavy atom. The summed E-state index contributed by atoms with van der Waals surface area (Å²) in [5.74, 6) is 1.14. The molecule has 0 aliphatic rings. The van der Waals surface area contributed by atoms with Crippen LogP contribution in [0.4, 0.5) is 0 Å². The summed E-state index contributed by atoms with van der Waals surface area (Å²) < 4.78 is 8.61. The van der Waals surface area contributed by atoms with Crippen LogP contribution < -0.4 is 0 Å². The van der Waals surface area contributed by atoms with Gasteiger partial charge in [0.2, 0.25) is 11.8 Å². The van der Waals surface area contributed by atoms with Crippen molar-refractivity contribution in [2.45, 2.75) is 33.0 Å². The van der Waals surface area contributed by atoms with Gasteiger partial charge in [0.1, 0.15) is 0 Å². The SMILES string of the molecule is CC(C)N(Cc1cnn(C)c1)Cc1nnc(-c2ccccc2Br)o1. The Hall–Kier alpha value is -1.99. The molecule has 0 aliphatic heterocycles. The van der Waals surface area contributed by atoms with Gasteiger partial charge in [0, 0.05) is 35.9 Å². The molecular formula is C17H20BrN5O. The average molecular weight is 390 g/mol. The number of aromatic nitrogens is 4. The summed E-state index contributed by atoms with van der Waals surface area (Å²) in [6, 6.07) is 8.18. The molecule has 126 valence electrons. The van der Waals surface area contributed by atoms with Gasteiger partial charge in [0.05, 0.1) is 18.3 Å². The number of aryl methyl sites for hydroxylation is 1. The lowest BCUT2D eigenvalue weighted by molar-refractivity contribution is 0.184. The molecule has 0 saturated heterocycles. The summed E-state index contributed by atoms with van der Waals surface area (Å²) in [5, 5.41) is 12.6. The summed E-state index contributed by atoms with van der Waals surface area (Å²) in [5.41, 5.74) is 2.07. The minimum atomic E-state index is 0.351. The van der Waals surface area contributed by atoms with Crippen LogP contribution >= 0.6 is 15.9 Å². The maximum atomic E-state index is 5.86. The van der Waals surface area contributed by atoms with E-state index in [4.69, 9.17) is 4.42 Å². The molecule has 0 amide bonds. The predicted octanol–water partition coefficient (Wildman–Crippen LogP) is 3.64. The van der Waals surface area contributed by atoms with Crippen molar-refractivity contribution in [3.05, 3.63) is 52.6 Å². The zero-order valence-corrected chi connectivity index (χ0v) is 15.6. The van der Waals surface area contributed by atoms with E-state index in [-0.39, 0.29) is 0 Å². The molecule has 0 aliphatic carbocycles. The first kappa shape index (κ1) is 16.9. The second-order valence-electron chi connectivity index (χ2n) is 6.00. The van der Waals surface area contributed by atoms with E-state index in [2.05, 4.69) is 50.0 Å². The van der Waals surface area contributed by atoms with E-state index >= 15 is 0 Å². The van der Waals surface area contributed by atoms with E-state index in [0.717, 1.165) is 22.1 Å². The average Bonchev–Trinajstić information content (AvgIpc) is 3.16. The van der Waals surface area contributed by atoms with Crippen LogP contribution in [0.1, 0.15) is 25.3 Å². The van der Waals surface area contributed by atoms with E-state index in [1.807, 2.05) is 48.4 Å². The number of halogens is 1. The Morgan fingerprint density at radius 1 is 1.21 bits per heavy atom. The number of benzene rings is 1. The lowest BCUT2D eigenvalue weighted by Gasteiger charge is -2.24. The highest BCUT2D eigenvalue weighted by Crippen LogP contribution is 2.27. The van der Waals surface area contributed by atoms with Gasteiger partial charge in [-0.1, -0.05) is 12.1 Å². The highest BCUT2D eigenvalue weighted by molar-refractivity contribution is 9.10. The van der Waals surface area contributed by atoms with Crippen molar-refractivity contribution in [1.82, 2.24) is 24.9 Å². The largest absolute Gasteiger partial charge is 0.419 e. The first-order valence-electron chi connectivity index (χ1n) is 7.82. The molecule has 0 bridgehead atoms. The van der Waals surface area contributed by atoms with Crippen LogP contribution in [-0.2, 0) is 20.1 Å². The Kier molecular flexibility index (Phi) is 5.11. The lowest BCUT2D eigenvalue weighted by Crippen LogP contribution is -2.29. The fourth-order valence-electron chi connectivity index (χ4n) is 2.44. The van der Waals surface area contributed by atoms with Gasteiger partial charge < -0.3 is 4.42 Å². The summed E-state index contributed by atoms with van der Waals surface area (Å²) in [6.07, 6.45) is 3.91. The van der Waals surface area contributed by atoms with Crippen molar-refractivity contribution in [2.75, 3.05) is 0 Å². The quantitative estimate of drug-likeness (QED) is 0.643. The molecule has 0 N–H and O–H groups in total. The third-order valence-electron chi connectivity index (χ3n) is 3.78. The fraction of sp³-hybridized carbons (Fsp3) is 0.353. The molecule has 0 unspecified atom stereocenters. The van der Waals surface area contributed by atoms with Crippen LogP contribution in [0.25, 0.3) is 11.5 Å². The molecule has 0 radical (unpaired) electrons. The smallest absolute Gasteiger partial charge is 0.248 e. The number of hydrogen-bond donors (Lipinski definition) is 0. The molecule has 0 spiro atoms. The Balaban J connectivity index is 1.75. The Bertz CT molecular complexity index is 811. The second-order valence-corrected chi connectivity index (χ2v) is 6.86. The first-order valence-corrected chi connectivity index (χ1v) is 8.61. The number of rotatable bonds is 6. The van der Waals surface area contributed by atoms with Gasteiger partial charge in [-0.3, -0.25) is 9.58 Å². The van der Waals surface area contributed by atoms with E-state index < -0.39 is 0 Å². The summed E-state index contributed by atoms with van der Waals surface area (Å²) >= 11 is 3.52. The standard InChI is InChI=1S/C17H20BrN5O/c1-12(2)23(10-13-8-19-22(3)9-13)11-16-20-21-17(24-16)14-6-4-5-7-15(14)18/h4-9,12H,10-11H2,1-3H3. The van der Waals surface area contributed by atoms with Gasteiger partial charge in [0.25, 0.3) is 0 Å². The third kappa shape index (κ3) is 3.91. The van der Waals surface area contributed by atoms with Gasteiger partial charge >= 0.3 is 0 Å². The topological polar surface area (TPSA) is 60.0 Å². The van der Waals surface area contributed by atoms with Crippen LogP contribution in [0.15, 0.2) is 45.5 Å². The van der Waals surface area contributed by atoms with Crippen LogP contribution in [0, 0.1) is 0 Å². The molecule has 6 nitrogen and oxygen atoms in total. The van der Waals surface area contributed by atoms with Gasteiger partial charge in [-0.25, -0.2) is 0 Å². The third-order valence-corrected chi connectivity index (χ3v) is 4.48. The molecule has 0 saturated carbocycles. The van der Waals surface area contributed by atoms with Gasteiger partial charge in [0.15, 0.2) is 0 Å². The molecule has 2 aromatic heterocycles. The van der Waals surface area contributed by atoms with Crippen molar-refractivity contribution in [2.24, 2.45) is 7.05 Å². The predicted molar refractivity (Wildman–Crippen MR) is 95.0 cm³/mol. The second kappa shape index (κ2) is 7.27. The van der Waals surface area contributed by atoms with Crippen LogP contribution in [0.5, 0.6) is 0 Å². The van der Waals surface area contributed by atoms with Crippen LogP contribution in [-0.4, -0.2) is 30.9 Å². The van der Waals surface area contributed by atoms with Crippen LogP contribution in [0.3, 0.4) is 0 Å². The minimum absolute atomic E-state index is 0.351. The monoisotopic (exact) mass is 389 g/mol. The van der Waals surface area contributed by atoms with Crippen LogP contribution in [0.2, 0.25) is 0 Å². The lowest BCUT2D eigenvalue weighted by atomic mass is 10.2. The number of hydrogen-bond acceptors (Lipinski definition) is 5. The normalized spacial score (nSPS) is 11.6. The molecule has 24 heavy (non-hydrogen) atoms. The molecule has 2 heterocycles. The van der Waals surface area contributed by atoms with Crippen molar-refractivity contribution in [3.8, 4) is 11.5 Å². The Labute approximate surface area is 149 Å². The zero-order chi connectivity index (χ0) is 17.1. The molecule has 3 rings (SSSR count). The van der Waals surface area contributed by atoms with Gasteiger partial charge in [-0.2, -0.15) is 5.10 Å². The van der Waals surface area contributed by atoms with Crippen molar-refractivity contribution >= 4 is 15.9 Å². The number of nitrogens with zero attached hydrogens (tertiary/aromatic N) is 5. The van der Waals surface area contributed by atoms with Crippen molar-refractivity contribution in [3.63, 3.8) is 0 Å². The highest BCUT2D eigenvalue weighted by Gasteiger charge is 2.17. The van der Waals surface area contributed by atoms with E-state index in [1.54, 1.807) is 0 Å². The van der Waals surface area contributed by atoms with E-state index in [9.17, 15) is 0 Å². The minimum Gasteiger partial charge on any atom is -0.419 e. The molecule has 3 aromatic rings. The maximum absolute atomic E-state index is 5.86. The maximum Gasteiger partial charge on any atom is 0.248 e. The van der Waals surface area contributed by atoms with Crippen molar-refractivity contribution in [1.29, 1.82) is 0 Å². The summed E-state index contributed by atoms with van der Waals surface area (Å²) in [4.78, 5) is 2.27.